The second-order valence-corrected chi connectivity index (χ2v) is 5.98. The lowest BCUT2D eigenvalue weighted by Gasteiger charge is -2.12. The predicted octanol–water partition coefficient (Wildman–Crippen LogP) is 1.48. The van der Waals surface area contributed by atoms with Crippen molar-refractivity contribution in [2.24, 2.45) is 0 Å². The van der Waals surface area contributed by atoms with Crippen LogP contribution in [-0.2, 0) is 14.8 Å². The van der Waals surface area contributed by atoms with Gasteiger partial charge in [-0.05, 0) is 31.0 Å². The van der Waals surface area contributed by atoms with Gasteiger partial charge >= 0.3 is 0 Å². The summed E-state index contributed by atoms with van der Waals surface area (Å²) in [5.74, 6) is -0.0379. The number of ether oxygens (including phenoxy) is 1. The standard InChI is InChI=1S/C12H14N2O3S/c13-8-10-3-1-4-11(7-10)14-18(15,16)9-12-5-2-6-17-12/h1,3-4,7,12,14H,2,5-6,9H2. The van der Waals surface area contributed by atoms with Crippen molar-refractivity contribution >= 4 is 15.7 Å². The average molecular weight is 266 g/mol. The van der Waals surface area contributed by atoms with Crippen molar-refractivity contribution in [3.63, 3.8) is 0 Å². The quantitative estimate of drug-likeness (QED) is 0.895. The summed E-state index contributed by atoms with van der Waals surface area (Å²) in [5, 5.41) is 8.74. The highest BCUT2D eigenvalue weighted by atomic mass is 32.2. The third-order valence-electron chi connectivity index (χ3n) is 2.69. The van der Waals surface area contributed by atoms with Gasteiger partial charge in [0.25, 0.3) is 0 Å². The zero-order valence-electron chi connectivity index (χ0n) is 9.80. The SMILES string of the molecule is N#Cc1cccc(NS(=O)(=O)CC2CCCO2)c1. The fourth-order valence-corrected chi connectivity index (χ4v) is 3.22. The molecule has 1 saturated heterocycles. The molecule has 1 aliphatic rings. The number of rotatable bonds is 4. The van der Waals surface area contributed by atoms with Gasteiger partial charge in [0.1, 0.15) is 0 Å². The maximum Gasteiger partial charge on any atom is 0.235 e. The number of nitriles is 1. The minimum atomic E-state index is -3.43. The van der Waals surface area contributed by atoms with Crippen LogP contribution < -0.4 is 4.72 Å². The fourth-order valence-electron chi connectivity index (χ4n) is 1.89. The Kier molecular flexibility index (Phi) is 3.84. The highest BCUT2D eigenvalue weighted by Crippen LogP contribution is 2.16. The van der Waals surface area contributed by atoms with Gasteiger partial charge in [0.15, 0.2) is 0 Å². The Morgan fingerprint density at radius 3 is 3.00 bits per heavy atom. The van der Waals surface area contributed by atoms with E-state index in [2.05, 4.69) is 4.72 Å². The lowest BCUT2D eigenvalue weighted by molar-refractivity contribution is 0.127. The smallest absolute Gasteiger partial charge is 0.235 e. The number of sulfonamides is 1. The first-order chi connectivity index (χ1) is 8.59. The molecule has 1 aliphatic heterocycles. The molecule has 1 heterocycles. The molecule has 1 aromatic carbocycles. The van der Waals surface area contributed by atoms with E-state index in [0.29, 0.717) is 17.9 Å². The van der Waals surface area contributed by atoms with E-state index in [1.54, 1.807) is 18.2 Å². The van der Waals surface area contributed by atoms with Crippen LogP contribution in [-0.4, -0.2) is 26.9 Å². The van der Waals surface area contributed by atoms with E-state index in [1.807, 2.05) is 6.07 Å². The molecule has 96 valence electrons. The van der Waals surface area contributed by atoms with Gasteiger partial charge in [-0.15, -0.1) is 0 Å². The summed E-state index contributed by atoms with van der Waals surface area (Å²) in [5.41, 5.74) is 0.833. The summed E-state index contributed by atoms with van der Waals surface area (Å²) in [7, 11) is -3.43. The lowest BCUT2D eigenvalue weighted by atomic mass is 10.2. The van der Waals surface area contributed by atoms with Gasteiger partial charge in [-0.3, -0.25) is 4.72 Å². The molecule has 1 atom stereocenters. The van der Waals surface area contributed by atoms with Gasteiger partial charge in [-0.25, -0.2) is 8.42 Å². The zero-order chi connectivity index (χ0) is 13.0. The number of nitrogens with one attached hydrogen (secondary N) is 1. The number of hydrogen-bond donors (Lipinski definition) is 1. The molecule has 1 N–H and O–H groups in total. The van der Waals surface area contributed by atoms with Gasteiger partial charge in [-0.2, -0.15) is 5.26 Å². The van der Waals surface area contributed by atoms with Crippen LogP contribution in [0.1, 0.15) is 18.4 Å². The molecule has 6 heteroatoms. The summed E-state index contributed by atoms with van der Waals surface area (Å²) in [6.07, 6.45) is 1.46. The van der Waals surface area contributed by atoms with Crippen LogP contribution in [0.3, 0.4) is 0 Å². The van der Waals surface area contributed by atoms with Crippen molar-refractivity contribution in [1.29, 1.82) is 5.26 Å². The maximum absolute atomic E-state index is 11.9. The van der Waals surface area contributed by atoms with Crippen LogP contribution in [0, 0.1) is 11.3 Å². The van der Waals surface area contributed by atoms with Crippen LogP contribution >= 0.6 is 0 Å². The summed E-state index contributed by atoms with van der Waals surface area (Å²) in [6.45, 7) is 0.629. The third-order valence-corrected chi connectivity index (χ3v) is 4.05. The normalized spacial score (nSPS) is 19.4. The first kappa shape index (κ1) is 12.9. The van der Waals surface area contributed by atoms with Crippen molar-refractivity contribution in [2.75, 3.05) is 17.1 Å². The van der Waals surface area contributed by atoms with Gasteiger partial charge in [0.05, 0.1) is 23.5 Å². The number of benzene rings is 1. The van der Waals surface area contributed by atoms with E-state index in [4.69, 9.17) is 10.00 Å². The zero-order valence-corrected chi connectivity index (χ0v) is 10.6. The topological polar surface area (TPSA) is 79.2 Å². The molecule has 5 nitrogen and oxygen atoms in total. The minimum absolute atomic E-state index is 0.0379. The van der Waals surface area contributed by atoms with Crippen LogP contribution in [0.15, 0.2) is 24.3 Å². The van der Waals surface area contributed by atoms with Crippen molar-refractivity contribution in [3.05, 3.63) is 29.8 Å². The molecular formula is C12H14N2O3S. The van der Waals surface area contributed by atoms with E-state index in [-0.39, 0.29) is 11.9 Å². The van der Waals surface area contributed by atoms with Crippen molar-refractivity contribution in [2.45, 2.75) is 18.9 Å². The lowest BCUT2D eigenvalue weighted by Crippen LogP contribution is -2.25. The second-order valence-electron chi connectivity index (χ2n) is 4.21. The van der Waals surface area contributed by atoms with Crippen LogP contribution in [0.2, 0.25) is 0 Å². The summed E-state index contributed by atoms with van der Waals surface area (Å²) < 4.78 is 31.5. The van der Waals surface area contributed by atoms with Crippen molar-refractivity contribution in [1.82, 2.24) is 0 Å². The van der Waals surface area contributed by atoms with Gasteiger partial charge in [0, 0.05) is 12.3 Å². The molecular weight excluding hydrogens is 252 g/mol. The number of hydrogen-bond acceptors (Lipinski definition) is 4. The Morgan fingerprint density at radius 1 is 1.50 bits per heavy atom. The first-order valence-corrected chi connectivity index (χ1v) is 7.36. The molecule has 0 aliphatic carbocycles. The molecule has 2 rings (SSSR count). The second kappa shape index (κ2) is 5.38. The Labute approximate surface area is 106 Å². The molecule has 18 heavy (non-hydrogen) atoms. The molecule has 0 aromatic heterocycles. The maximum atomic E-state index is 11.9. The van der Waals surface area contributed by atoms with E-state index in [9.17, 15) is 8.42 Å². The Balaban J connectivity index is 2.04. The summed E-state index contributed by atoms with van der Waals surface area (Å²) >= 11 is 0. The number of anilines is 1. The molecule has 1 aromatic rings. The monoisotopic (exact) mass is 266 g/mol. The molecule has 1 unspecified atom stereocenters. The third kappa shape index (κ3) is 3.45. The summed E-state index contributed by atoms with van der Waals surface area (Å²) in [6, 6.07) is 8.36. The molecule has 0 radical (unpaired) electrons. The van der Waals surface area contributed by atoms with E-state index in [1.165, 1.54) is 6.07 Å². The van der Waals surface area contributed by atoms with E-state index in [0.717, 1.165) is 12.8 Å². The van der Waals surface area contributed by atoms with Gasteiger partial charge < -0.3 is 4.74 Å². The average Bonchev–Trinajstić information content (AvgIpc) is 2.80. The molecule has 0 spiro atoms. The fraction of sp³-hybridized carbons (Fsp3) is 0.417. The van der Waals surface area contributed by atoms with Crippen molar-refractivity contribution < 1.29 is 13.2 Å². The van der Waals surface area contributed by atoms with E-state index < -0.39 is 10.0 Å². The van der Waals surface area contributed by atoms with Crippen LogP contribution in [0.5, 0.6) is 0 Å². The Morgan fingerprint density at radius 2 is 2.33 bits per heavy atom. The van der Waals surface area contributed by atoms with Crippen LogP contribution in [0.4, 0.5) is 5.69 Å². The van der Waals surface area contributed by atoms with E-state index >= 15 is 0 Å². The minimum Gasteiger partial charge on any atom is -0.377 e. The molecule has 0 amide bonds. The predicted molar refractivity (Wildman–Crippen MR) is 67.5 cm³/mol. The molecule has 0 saturated carbocycles. The highest BCUT2D eigenvalue weighted by molar-refractivity contribution is 7.92. The Bertz CT molecular complexity index is 557. The van der Waals surface area contributed by atoms with Crippen molar-refractivity contribution in [3.8, 4) is 6.07 Å². The largest absolute Gasteiger partial charge is 0.377 e. The Hall–Kier alpha value is -1.58. The summed E-state index contributed by atoms with van der Waals surface area (Å²) in [4.78, 5) is 0. The van der Waals surface area contributed by atoms with Gasteiger partial charge in [-0.1, -0.05) is 6.07 Å². The highest BCUT2D eigenvalue weighted by Gasteiger charge is 2.23. The number of nitrogens with zero attached hydrogens (tertiary/aromatic N) is 1. The molecule has 0 bridgehead atoms. The van der Waals surface area contributed by atoms with Gasteiger partial charge in [0.2, 0.25) is 10.0 Å². The molecule has 1 fully saturated rings. The first-order valence-electron chi connectivity index (χ1n) is 5.71. The van der Waals surface area contributed by atoms with Crippen LogP contribution in [0.25, 0.3) is 0 Å².